The van der Waals surface area contributed by atoms with Crippen LogP contribution >= 0.6 is 8.17 Å². The van der Waals surface area contributed by atoms with Crippen LogP contribution in [0.4, 0.5) is 0 Å². The standard InChI is InChI=1S/CH3O4P/c2-6-3-1(4-6)5-6/h1-2,6H. The zero-order chi connectivity index (χ0) is 4.20. The van der Waals surface area contributed by atoms with Crippen molar-refractivity contribution in [2.24, 2.45) is 0 Å². The van der Waals surface area contributed by atoms with E-state index in [0.29, 0.717) is 0 Å². The van der Waals surface area contributed by atoms with Gasteiger partial charge in [0.15, 0.2) is 0 Å². The second kappa shape index (κ2) is 0.638. The predicted molar refractivity (Wildman–Crippen MR) is 17.6 cm³/mol. The van der Waals surface area contributed by atoms with E-state index in [1.807, 2.05) is 0 Å². The van der Waals surface area contributed by atoms with E-state index in [4.69, 9.17) is 4.89 Å². The molecule has 4 nitrogen and oxygen atoms in total. The third kappa shape index (κ3) is 0.196. The Bertz CT molecular complexity index is 74.5. The molecule has 0 aromatic heterocycles. The molecule has 0 unspecified atom stereocenters. The maximum absolute atomic E-state index is 8.45. The molecule has 0 aromatic carbocycles. The summed E-state index contributed by atoms with van der Waals surface area (Å²) in [5, 5.41) is 0. The molecule has 0 radical (unpaired) electrons. The Balaban J connectivity index is 2.19. The predicted octanol–water partition coefficient (Wildman–Crippen LogP) is -0.251. The summed E-state index contributed by atoms with van der Waals surface area (Å²) < 4.78 is 13.4. The van der Waals surface area contributed by atoms with Crippen molar-refractivity contribution in [1.82, 2.24) is 0 Å². The van der Waals surface area contributed by atoms with E-state index in [0.717, 1.165) is 0 Å². The van der Waals surface area contributed by atoms with Gasteiger partial charge in [-0.3, -0.25) is 0 Å². The molecule has 0 aliphatic carbocycles. The van der Waals surface area contributed by atoms with Crippen molar-refractivity contribution in [1.29, 1.82) is 0 Å². The molecule has 3 fully saturated rings. The molecular formula is CH3O4P. The summed E-state index contributed by atoms with van der Waals surface area (Å²) in [6.45, 7) is -0.512. The minimum absolute atomic E-state index is 0.512. The first-order chi connectivity index (χ1) is 2.79. The van der Waals surface area contributed by atoms with Gasteiger partial charge < -0.3 is 0 Å². The van der Waals surface area contributed by atoms with E-state index < -0.39 is 14.6 Å². The second-order valence-electron chi connectivity index (χ2n) is 1.17. The van der Waals surface area contributed by atoms with E-state index in [-0.39, 0.29) is 0 Å². The van der Waals surface area contributed by atoms with Crippen LogP contribution in [0.25, 0.3) is 0 Å². The van der Waals surface area contributed by atoms with Gasteiger partial charge >= 0.3 is 33.1 Å². The van der Waals surface area contributed by atoms with Crippen LogP contribution in [0.2, 0.25) is 0 Å². The fourth-order valence-corrected chi connectivity index (χ4v) is 1.17. The van der Waals surface area contributed by atoms with Crippen LogP contribution in [0.3, 0.4) is 0 Å². The molecule has 0 amide bonds. The number of hydrogen-bond acceptors (Lipinski definition) is 4. The van der Waals surface area contributed by atoms with Crippen molar-refractivity contribution in [2.45, 2.75) is 6.48 Å². The van der Waals surface area contributed by atoms with Crippen molar-refractivity contribution < 1.29 is 18.5 Å². The fraction of sp³-hybridized carbons (Fsp3) is 1.00. The molecule has 1 N–H and O–H groups in total. The SMILES string of the molecule is O[PH]12OC(O1)O2. The molecule has 0 saturated carbocycles. The monoisotopic (exact) mass is 110 g/mol. The molecule has 2 bridgehead atoms. The minimum atomic E-state index is -2.81. The molecule has 0 aromatic rings. The van der Waals surface area contributed by atoms with Crippen LogP contribution in [0.5, 0.6) is 0 Å². The third-order valence-electron chi connectivity index (χ3n) is 0.735. The van der Waals surface area contributed by atoms with Gasteiger partial charge in [-0.1, -0.05) is 0 Å². The molecule has 3 saturated heterocycles. The van der Waals surface area contributed by atoms with Crippen LogP contribution < -0.4 is 0 Å². The molecule has 5 heteroatoms. The normalized spacial score (nSPS) is 51.8. The first-order valence-corrected chi connectivity index (χ1v) is 3.22. The number of rotatable bonds is 0. The molecule has 36 valence electrons. The van der Waals surface area contributed by atoms with E-state index in [2.05, 4.69) is 13.6 Å². The summed E-state index contributed by atoms with van der Waals surface area (Å²) in [5.41, 5.74) is 0. The first kappa shape index (κ1) is 3.29. The van der Waals surface area contributed by atoms with E-state index in [1.165, 1.54) is 0 Å². The first-order valence-electron chi connectivity index (χ1n) is 1.54. The molecule has 3 aliphatic heterocycles. The molecular weight excluding hydrogens is 107 g/mol. The summed E-state index contributed by atoms with van der Waals surface area (Å²) in [6, 6.07) is 0. The number of hydrogen-bond donors (Lipinski definition) is 1. The zero-order valence-corrected chi connectivity index (χ0v) is 3.75. The molecule has 3 heterocycles. The van der Waals surface area contributed by atoms with Gasteiger partial charge in [0.2, 0.25) is 0 Å². The average Bonchev–Trinajstić information content (AvgIpc) is 1.24. The van der Waals surface area contributed by atoms with Crippen LogP contribution in [0, 0.1) is 0 Å². The van der Waals surface area contributed by atoms with Crippen LogP contribution in [-0.4, -0.2) is 11.4 Å². The van der Waals surface area contributed by atoms with Gasteiger partial charge in [0.1, 0.15) is 0 Å². The van der Waals surface area contributed by atoms with Crippen LogP contribution in [0.15, 0.2) is 0 Å². The summed E-state index contributed by atoms with van der Waals surface area (Å²) in [5.74, 6) is 0. The van der Waals surface area contributed by atoms with Gasteiger partial charge in [-0.15, -0.1) is 0 Å². The van der Waals surface area contributed by atoms with E-state index in [9.17, 15) is 0 Å². The van der Waals surface area contributed by atoms with Gasteiger partial charge in [-0.25, -0.2) is 0 Å². The van der Waals surface area contributed by atoms with Gasteiger partial charge in [-0.2, -0.15) is 0 Å². The summed E-state index contributed by atoms with van der Waals surface area (Å²) in [4.78, 5) is 8.45. The van der Waals surface area contributed by atoms with Crippen molar-refractivity contribution in [3.8, 4) is 0 Å². The fourth-order valence-electron chi connectivity index (χ4n) is 0.391. The Kier molecular flexibility index (Phi) is 0.350. The van der Waals surface area contributed by atoms with Crippen molar-refractivity contribution >= 4 is 8.17 Å². The molecule has 3 rings (SSSR count). The van der Waals surface area contributed by atoms with Crippen LogP contribution in [0.1, 0.15) is 0 Å². The molecule has 3 aliphatic rings. The van der Waals surface area contributed by atoms with Crippen molar-refractivity contribution in [3.63, 3.8) is 0 Å². The van der Waals surface area contributed by atoms with Gasteiger partial charge in [0.05, 0.1) is 0 Å². The summed E-state index contributed by atoms with van der Waals surface area (Å²) in [6.07, 6.45) is 0. The Labute approximate surface area is 34.3 Å². The summed E-state index contributed by atoms with van der Waals surface area (Å²) >= 11 is 0. The third-order valence-corrected chi connectivity index (χ3v) is 2.21. The van der Waals surface area contributed by atoms with E-state index >= 15 is 0 Å². The van der Waals surface area contributed by atoms with Crippen molar-refractivity contribution in [2.75, 3.05) is 0 Å². The quantitative estimate of drug-likeness (QED) is 0.437. The van der Waals surface area contributed by atoms with Gasteiger partial charge in [0.25, 0.3) is 0 Å². The maximum atomic E-state index is 8.45. The Morgan fingerprint density at radius 1 is 1.33 bits per heavy atom. The van der Waals surface area contributed by atoms with Crippen LogP contribution in [-0.2, 0) is 13.6 Å². The Hall–Kier alpha value is 0.270. The summed E-state index contributed by atoms with van der Waals surface area (Å²) in [7, 11) is -2.81. The average molecular weight is 110 g/mol. The Morgan fingerprint density at radius 2 is 1.67 bits per heavy atom. The molecule has 0 spiro atoms. The van der Waals surface area contributed by atoms with E-state index in [1.54, 1.807) is 0 Å². The topological polar surface area (TPSA) is 47.9 Å². The molecule has 6 heavy (non-hydrogen) atoms. The Morgan fingerprint density at radius 3 is 1.67 bits per heavy atom. The van der Waals surface area contributed by atoms with Gasteiger partial charge in [0, 0.05) is 0 Å². The second-order valence-corrected chi connectivity index (χ2v) is 2.92. The molecule has 0 atom stereocenters. The van der Waals surface area contributed by atoms with Gasteiger partial charge in [-0.05, 0) is 0 Å². The zero-order valence-electron chi connectivity index (χ0n) is 2.75. The van der Waals surface area contributed by atoms with Crippen molar-refractivity contribution in [3.05, 3.63) is 0 Å².